The van der Waals surface area contributed by atoms with E-state index in [1.54, 1.807) is 7.11 Å². The summed E-state index contributed by atoms with van der Waals surface area (Å²) in [4.78, 5) is 30.2. The number of hydrogen-bond donors (Lipinski definition) is 2. The monoisotopic (exact) mass is 442 g/mol. The SMILES string of the molecule is COC(=O)C1=C(CN2CCN(C3CCCCC3)CC2)NC(=O)N[C@@H]1c1cccc(OC)c1. The van der Waals surface area contributed by atoms with Crippen LogP contribution < -0.4 is 15.4 Å². The van der Waals surface area contributed by atoms with Gasteiger partial charge in [0.25, 0.3) is 0 Å². The normalized spacial score (nSPS) is 23.4. The van der Waals surface area contributed by atoms with Crippen LogP contribution in [0.2, 0.25) is 0 Å². The molecule has 2 amide bonds. The summed E-state index contributed by atoms with van der Waals surface area (Å²) >= 11 is 0. The minimum Gasteiger partial charge on any atom is -0.497 e. The average molecular weight is 443 g/mol. The molecular weight excluding hydrogens is 408 g/mol. The van der Waals surface area contributed by atoms with E-state index in [9.17, 15) is 9.59 Å². The first-order valence-corrected chi connectivity index (χ1v) is 11.6. The van der Waals surface area contributed by atoms with Gasteiger partial charge in [-0.25, -0.2) is 9.59 Å². The Hall–Kier alpha value is -2.58. The van der Waals surface area contributed by atoms with Gasteiger partial charge in [0.2, 0.25) is 0 Å². The highest BCUT2D eigenvalue weighted by Crippen LogP contribution is 2.30. The number of esters is 1. The van der Waals surface area contributed by atoms with Gasteiger partial charge in [0.05, 0.1) is 25.8 Å². The average Bonchev–Trinajstić information content (AvgIpc) is 2.84. The van der Waals surface area contributed by atoms with Crippen molar-refractivity contribution in [2.45, 2.75) is 44.2 Å². The van der Waals surface area contributed by atoms with E-state index in [4.69, 9.17) is 9.47 Å². The van der Waals surface area contributed by atoms with Crippen LogP contribution in [0, 0.1) is 0 Å². The van der Waals surface area contributed by atoms with Crippen molar-refractivity contribution < 1.29 is 19.1 Å². The number of urea groups is 1. The summed E-state index contributed by atoms with van der Waals surface area (Å²) in [5.74, 6) is 0.223. The van der Waals surface area contributed by atoms with Gasteiger partial charge in [-0.2, -0.15) is 0 Å². The topological polar surface area (TPSA) is 83.1 Å². The number of methoxy groups -OCH3 is 2. The molecule has 8 nitrogen and oxygen atoms in total. The zero-order valence-electron chi connectivity index (χ0n) is 19.1. The fraction of sp³-hybridized carbons (Fsp3) is 0.583. The third kappa shape index (κ3) is 5.07. The summed E-state index contributed by atoms with van der Waals surface area (Å²) < 4.78 is 10.4. The minimum atomic E-state index is -0.593. The molecule has 0 radical (unpaired) electrons. The van der Waals surface area contributed by atoms with Crippen molar-refractivity contribution in [3.8, 4) is 5.75 Å². The van der Waals surface area contributed by atoms with Gasteiger partial charge in [0.1, 0.15) is 5.75 Å². The highest BCUT2D eigenvalue weighted by molar-refractivity contribution is 5.95. The van der Waals surface area contributed by atoms with Crippen LogP contribution in [-0.4, -0.2) is 74.8 Å². The third-order valence-electron chi connectivity index (χ3n) is 6.87. The van der Waals surface area contributed by atoms with E-state index < -0.39 is 12.0 Å². The molecule has 8 heteroatoms. The Morgan fingerprint density at radius 1 is 1.09 bits per heavy atom. The second-order valence-corrected chi connectivity index (χ2v) is 8.80. The predicted octanol–water partition coefficient (Wildman–Crippen LogP) is 2.43. The highest BCUT2D eigenvalue weighted by atomic mass is 16.5. The molecule has 1 aromatic rings. The summed E-state index contributed by atoms with van der Waals surface area (Å²) in [6.45, 7) is 4.40. The summed E-state index contributed by atoms with van der Waals surface area (Å²) in [6.07, 6.45) is 6.65. The minimum absolute atomic E-state index is 0.318. The van der Waals surface area contributed by atoms with Crippen molar-refractivity contribution in [3.63, 3.8) is 0 Å². The fourth-order valence-corrected chi connectivity index (χ4v) is 5.12. The maximum Gasteiger partial charge on any atom is 0.338 e. The molecule has 2 N–H and O–H groups in total. The molecule has 4 rings (SSSR count). The van der Waals surface area contributed by atoms with Gasteiger partial charge in [-0.15, -0.1) is 0 Å². The molecule has 2 aliphatic heterocycles. The number of hydrogen-bond acceptors (Lipinski definition) is 6. The molecule has 1 aromatic carbocycles. The van der Waals surface area contributed by atoms with E-state index in [1.807, 2.05) is 24.3 Å². The summed E-state index contributed by atoms with van der Waals surface area (Å²) in [7, 11) is 2.96. The molecule has 0 aromatic heterocycles. The van der Waals surface area contributed by atoms with Crippen LogP contribution >= 0.6 is 0 Å². The van der Waals surface area contributed by atoms with E-state index in [0.717, 1.165) is 31.7 Å². The van der Waals surface area contributed by atoms with Crippen LogP contribution in [0.3, 0.4) is 0 Å². The molecule has 1 saturated heterocycles. The van der Waals surface area contributed by atoms with Crippen LogP contribution in [0.1, 0.15) is 43.7 Å². The number of rotatable bonds is 6. The Bertz CT molecular complexity index is 857. The fourth-order valence-electron chi connectivity index (χ4n) is 5.12. The summed E-state index contributed by atoms with van der Waals surface area (Å²) in [5.41, 5.74) is 1.83. The first kappa shape index (κ1) is 22.6. The van der Waals surface area contributed by atoms with Gasteiger partial charge in [-0.1, -0.05) is 31.4 Å². The Morgan fingerprint density at radius 2 is 1.84 bits per heavy atom. The molecule has 0 unspecified atom stereocenters. The van der Waals surface area contributed by atoms with Crippen molar-refractivity contribution in [2.75, 3.05) is 46.9 Å². The molecular formula is C24H34N4O4. The molecule has 1 saturated carbocycles. The molecule has 2 heterocycles. The second kappa shape index (κ2) is 10.4. The van der Waals surface area contributed by atoms with Crippen molar-refractivity contribution in [2.24, 2.45) is 0 Å². The molecule has 1 atom stereocenters. The van der Waals surface area contributed by atoms with Gasteiger partial charge in [0, 0.05) is 44.5 Å². The van der Waals surface area contributed by atoms with Gasteiger partial charge >= 0.3 is 12.0 Å². The zero-order chi connectivity index (χ0) is 22.5. The number of carbonyl (C=O) groups excluding carboxylic acids is 2. The lowest BCUT2D eigenvalue weighted by atomic mass is 9.93. The van der Waals surface area contributed by atoms with Crippen LogP contribution in [0.25, 0.3) is 0 Å². The lowest BCUT2D eigenvalue weighted by molar-refractivity contribution is -0.136. The molecule has 0 bridgehead atoms. The van der Waals surface area contributed by atoms with E-state index in [2.05, 4.69) is 20.4 Å². The van der Waals surface area contributed by atoms with E-state index in [1.165, 1.54) is 39.2 Å². The summed E-state index contributed by atoms with van der Waals surface area (Å²) in [5, 5.41) is 5.75. The van der Waals surface area contributed by atoms with Gasteiger partial charge < -0.3 is 20.1 Å². The van der Waals surface area contributed by atoms with E-state index in [-0.39, 0.29) is 6.03 Å². The first-order valence-electron chi connectivity index (χ1n) is 11.6. The standard InChI is InChI=1S/C24H34N4O4/c1-31-19-10-6-7-17(15-19)22-21(23(29)32-2)20(25-24(30)26-22)16-27-11-13-28(14-12-27)18-8-4-3-5-9-18/h6-7,10,15,18,22H,3-5,8-9,11-14,16H2,1-2H3,(H2,25,26,30)/t22-/m1/s1. The molecule has 0 spiro atoms. The number of ether oxygens (including phenoxy) is 2. The Morgan fingerprint density at radius 3 is 2.53 bits per heavy atom. The van der Waals surface area contributed by atoms with Gasteiger partial charge in [-0.3, -0.25) is 9.80 Å². The third-order valence-corrected chi connectivity index (χ3v) is 6.87. The van der Waals surface area contributed by atoms with Crippen molar-refractivity contribution in [1.82, 2.24) is 20.4 Å². The number of amides is 2. The Balaban J connectivity index is 1.52. The largest absolute Gasteiger partial charge is 0.497 e. The molecule has 32 heavy (non-hydrogen) atoms. The first-order chi connectivity index (χ1) is 15.6. The maximum atomic E-state index is 12.8. The lowest BCUT2D eigenvalue weighted by Crippen LogP contribution is -2.53. The number of benzene rings is 1. The van der Waals surface area contributed by atoms with Gasteiger partial charge in [-0.05, 0) is 30.5 Å². The van der Waals surface area contributed by atoms with Crippen LogP contribution in [0.5, 0.6) is 5.75 Å². The lowest BCUT2D eigenvalue weighted by Gasteiger charge is -2.41. The molecule has 174 valence electrons. The molecule has 1 aliphatic carbocycles. The predicted molar refractivity (Wildman–Crippen MR) is 121 cm³/mol. The van der Waals surface area contributed by atoms with Crippen LogP contribution in [0.4, 0.5) is 4.79 Å². The van der Waals surface area contributed by atoms with Crippen LogP contribution in [0.15, 0.2) is 35.5 Å². The number of carbonyl (C=O) groups is 2. The van der Waals surface area contributed by atoms with Crippen molar-refractivity contribution in [1.29, 1.82) is 0 Å². The van der Waals surface area contributed by atoms with E-state index in [0.29, 0.717) is 29.6 Å². The van der Waals surface area contributed by atoms with Crippen LogP contribution in [-0.2, 0) is 9.53 Å². The Labute approximate surface area is 189 Å². The van der Waals surface area contributed by atoms with E-state index >= 15 is 0 Å². The zero-order valence-corrected chi connectivity index (χ0v) is 19.1. The second-order valence-electron chi connectivity index (χ2n) is 8.80. The Kier molecular flexibility index (Phi) is 7.32. The van der Waals surface area contributed by atoms with Crippen molar-refractivity contribution in [3.05, 3.63) is 41.1 Å². The summed E-state index contributed by atoms with van der Waals surface area (Å²) in [6, 6.07) is 7.20. The molecule has 3 aliphatic rings. The highest BCUT2D eigenvalue weighted by Gasteiger charge is 2.35. The number of nitrogens with one attached hydrogen (secondary N) is 2. The number of piperazine rings is 1. The van der Waals surface area contributed by atoms with Crippen molar-refractivity contribution >= 4 is 12.0 Å². The smallest absolute Gasteiger partial charge is 0.338 e. The molecule has 2 fully saturated rings. The quantitative estimate of drug-likeness (QED) is 0.659. The maximum absolute atomic E-state index is 12.8. The van der Waals surface area contributed by atoms with Gasteiger partial charge in [0.15, 0.2) is 0 Å². The number of nitrogens with zero attached hydrogens (tertiary/aromatic N) is 2.